The fourth-order valence-electron chi connectivity index (χ4n) is 2.30. The van der Waals surface area contributed by atoms with Crippen molar-refractivity contribution in [1.82, 2.24) is 25.0 Å². The maximum Gasteiger partial charge on any atom is 0.194 e. The molecule has 0 unspecified atom stereocenters. The number of aryl methyl sites for hydroxylation is 1. The van der Waals surface area contributed by atoms with Gasteiger partial charge in [-0.05, 0) is 31.5 Å². The lowest BCUT2D eigenvalue weighted by Gasteiger charge is -2.21. The zero-order chi connectivity index (χ0) is 18.2. The Kier molecular flexibility index (Phi) is 9.31. The van der Waals surface area contributed by atoms with Crippen molar-refractivity contribution in [2.45, 2.75) is 26.9 Å². The van der Waals surface area contributed by atoms with Gasteiger partial charge < -0.3 is 15.0 Å². The molecule has 0 fully saturated rings. The monoisotopic (exact) mass is 476 g/mol. The Labute approximate surface area is 170 Å². The normalized spacial score (nSPS) is 11.0. The highest BCUT2D eigenvalue weighted by molar-refractivity contribution is 14.0. The van der Waals surface area contributed by atoms with E-state index in [1.165, 1.54) is 12.4 Å². The SMILES string of the molecule is CCNC(=NCc1ccc(OCC)c(F)c1)N(C)Cc1ncnn1C.I. The summed E-state index contributed by atoms with van der Waals surface area (Å²) < 4.78 is 20.9. The molecule has 2 rings (SSSR count). The summed E-state index contributed by atoms with van der Waals surface area (Å²) in [5, 5.41) is 7.30. The Bertz CT molecular complexity index is 721. The van der Waals surface area contributed by atoms with E-state index in [0.717, 1.165) is 23.9 Å². The van der Waals surface area contributed by atoms with Gasteiger partial charge in [-0.25, -0.2) is 14.4 Å². The molecule has 0 bridgehead atoms. The first-order chi connectivity index (χ1) is 12.0. The van der Waals surface area contributed by atoms with E-state index in [1.54, 1.807) is 10.7 Å². The molecule has 7 nitrogen and oxygen atoms in total. The van der Waals surface area contributed by atoms with Gasteiger partial charge in [0.25, 0.3) is 0 Å². The average molecular weight is 476 g/mol. The highest BCUT2D eigenvalue weighted by atomic mass is 127. The van der Waals surface area contributed by atoms with E-state index in [9.17, 15) is 4.39 Å². The number of hydrogen-bond acceptors (Lipinski definition) is 4. The second-order valence-corrected chi connectivity index (χ2v) is 5.52. The predicted molar refractivity (Wildman–Crippen MR) is 110 cm³/mol. The third-order valence-electron chi connectivity index (χ3n) is 3.59. The maximum absolute atomic E-state index is 13.9. The summed E-state index contributed by atoms with van der Waals surface area (Å²) in [6.07, 6.45) is 1.52. The van der Waals surface area contributed by atoms with Crippen molar-refractivity contribution in [3.05, 3.63) is 41.7 Å². The van der Waals surface area contributed by atoms with Crippen LogP contribution in [-0.4, -0.2) is 45.8 Å². The van der Waals surface area contributed by atoms with E-state index in [1.807, 2.05) is 38.9 Å². The number of guanidine groups is 1. The van der Waals surface area contributed by atoms with Crippen LogP contribution in [0.1, 0.15) is 25.2 Å². The topological polar surface area (TPSA) is 67.6 Å². The van der Waals surface area contributed by atoms with Crippen molar-refractivity contribution in [3.8, 4) is 5.75 Å². The van der Waals surface area contributed by atoms with Gasteiger partial charge >= 0.3 is 0 Å². The third-order valence-corrected chi connectivity index (χ3v) is 3.59. The van der Waals surface area contributed by atoms with Crippen LogP contribution in [0, 0.1) is 5.82 Å². The van der Waals surface area contributed by atoms with Gasteiger partial charge in [-0.2, -0.15) is 5.10 Å². The first-order valence-corrected chi connectivity index (χ1v) is 8.28. The number of halogens is 2. The van der Waals surface area contributed by atoms with Crippen LogP contribution in [0.2, 0.25) is 0 Å². The molecule has 26 heavy (non-hydrogen) atoms. The number of nitrogens with one attached hydrogen (secondary N) is 1. The smallest absolute Gasteiger partial charge is 0.194 e. The lowest BCUT2D eigenvalue weighted by Crippen LogP contribution is -2.39. The summed E-state index contributed by atoms with van der Waals surface area (Å²) in [6, 6.07) is 4.92. The Hall–Kier alpha value is -1.91. The van der Waals surface area contributed by atoms with Crippen LogP contribution in [0.25, 0.3) is 0 Å². The van der Waals surface area contributed by atoms with Gasteiger partial charge in [-0.3, -0.25) is 4.68 Å². The molecule has 0 amide bonds. The maximum atomic E-state index is 13.9. The van der Waals surface area contributed by atoms with Gasteiger partial charge in [0.15, 0.2) is 17.5 Å². The number of ether oxygens (including phenoxy) is 1. The number of nitrogens with zero attached hydrogens (tertiary/aromatic N) is 5. The quantitative estimate of drug-likeness (QED) is 0.378. The van der Waals surface area contributed by atoms with E-state index < -0.39 is 0 Å². The van der Waals surface area contributed by atoms with Crippen molar-refractivity contribution in [3.63, 3.8) is 0 Å². The minimum atomic E-state index is -0.369. The zero-order valence-electron chi connectivity index (χ0n) is 15.6. The third kappa shape index (κ3) is 6.11. The Morgan fingerprint density at radius 2 is 2.15 bits per heavy atom. The number of rotatable bonds is 7. The standard InChI is InChI=1S/C17H25FN6O.HI/c1-5-19-17(23(3)11-16-21-12-22-24(16)4)20-10-13-7-8-15(25-6-2)14(18)9-13;/h7-9,12H,5-6,10-11H2,1-4H3,(H,19,20);1H. The van der Waals surface area contributed by atoms with Crippen LogP contribution in [0.15, 0.2) is 29.5 Å². The first kappa shape index (κ1) is 22.1. The average Bonchev–Trinajstić information content (AvgIpc) is 2.98. The highest BCUT2D eigenvalue weighted by Crippen LogP contribution is 2.18. The second kappa shape index (κ2) is 10.9. The van der Waals surface area contributed by atoms with E-state index in [2.05, 4.69) is 20.4 Å². The molecule has 0 aliphatic heterocycles. The van der Waals surface area contributed by atoms with Gasteiger partial charge in [-0.15, -0.1) is 24.0 Å². The molecule has 2 aromatic rings. The molecule has 0 spiro atoms. The van der Waals surface area contributed by atoms with Crippen LogP contribution in [-0.2, 0) is 20.1 Å². The highest BCUT2D eigenvalue weighted by Gasteiger charge is 2.10. The van der Waals surface area contributed by atoms with Crippen molar-refractivity contribution in [2.24, 2.45) is 12.0 Å². The van der Waals surface area contributed by atoms with Crippen LogP contribution in [0.4, 0.5) is 4.39 Å². The molecule has 0 atom stereocenters. The van der Waals surface area contributed by atoms with Crippen molar-refractivity contribution >= 4 is 29.9 Å². The number of aliphatic imine (C=N–C) groups is 1. The largest absolute Gasteiger partial charge is 0.491 e. The van der Waals surface area contributed by atoms with E-state index >= 15 is 0 Å². The van der Waals surface area contributed by atoms with E-state index in [-0.39, 0.29) is 35.5 Å². The summed E-state index contributed by atoms with van der Waals surface area (Å²) in [5.74, 6) is 1.45. The predicted octanol–water partition coefficient (Wildman–Crippen LogP) is 2.57. The molecule has 0 saturated heterocycles. The summed E-state index contributed by atoms with van der Waals surface area (Å²) in [4.78, 5) is 10.8. The molecule has 1 aromatic carbocycles. The summed E-state index contributed by atoms with van der Waals surface area (Å²) in [7, 11) is 3.78. The molecule has 9 heteroatoms. The molecule has 0 aliphatic carbocycles. The summed E-state index contributed by atoms with van der Waals surface area (Å²) in [5.41, 5.74) is 0.781. The van der Waals surface area contributed by atoms with Gasteiger partial charge in [0, 0.05) is 20.6 Å². The molecule has 1 aromatic heterocycles. The lowest BCUT2D eigenvalue weighted by atomic mass is 10.2. The Morgan fingerprint density at radius 3 is 2.73 bits per heavy atom. The number of benzene rings is 1. The molecule has 0 aliphatic rings. The molecular formula is C17H26FIN6O. The van der Waals surface area contributed by atoms with Crippen LogP contribution in [0.3, 0.4) is 0 Å². The molecule has 1 heterocycles. The summed E-state index contributed by atoms with van der Waals surface area (Å²) >= 11 is 0. The fraction of sp³-hybridized carbons (Fsp3) is 0.471. The van der Waals surface area contributed by atoms with Crippen molar-refractivity contribution < 1.29 is 9.13 Å². The minimum Gasteiger partial charge on any atom is -0.491 e. The zero-order valence-corrected chi connectivity index (χ0v) is 17.9. The van der Waals surface area contributed by atoms with E-state index in [4.69, 9.17) is 4.74 Å². The van der Waals surface area contributed by atoms with Crippen molar-refractivity contribution in [1.29, 1.82) is 0 Å². The molecule has 0 saturated carbocycles. The van der Waals surface area contributed by atoms with Crippen LogP contribution >= 0.6 is 24.0 Å². The van der Waals surface area contributed by atoms with Gasteiger partial charge in [-0.1, -0.05) is 6.07 Å². The van der Waals surface area contributed by atoms with Crippen LogP contribution in [0.5, 0.6) is 5.75 Å². The van der Waals surface area contributed by atoms with Gasteiger partial charge in [0.1, 0.15) is 12.2 Å². The first-order valence-electron chi connectivity index (χ1n) is 8.28. The number of hydrogen-bond donors (Lipinski definition) is 1. The Balaban J connectivity index is 0.00000338. The lowest BCUT2D eigenvalue weighted by molar-refractivity contribution is 0.321. The molecule has 144 valence electrons. The van der Waals surface area contributed by atoms with Gasteiger partial charge in [0.2, 0.25) is 0 Å². The Morgan fingerprint density at radius 1 is 1.38 bits per heavy atom. The van der Waals surface area contributed by atoms with E-state index in [0.29, 0.717) is 19.7 Å². The van der Waals surface area contributed by atoms with Crippen molar-refractivity contribution in [2.75, 3.05) is 20.2 Å². The molecule has 1 N–H and O–H groups in total. The van der Waals surface area contributed by atoms with Crippen LogP contribution < -0.4 is 10.1 Å². The minimum absolute atomic E-state index is 0. The number of aromatic nitrogens is 3. The molecular weight excluding hydrogens is 450 g/mol. The second-order valence-electron chi connectivity index (χ2n) is 5.52. The molecule has 0 radical (unpaired) electrons. The summed E-state index contributed by atoms with van der Waals surface area (Å²) in [6.45, 7) is 5.94. The van der Waals surface area contributed by atoms with Gasteiger partial charge in [0.05, 0.1) is 19.7 Å². The fourth-order valence-corrected chi connectivity index (χ4v) is 2.30.